The standard InChI is InChI=1S/C20H21N3O2/c1-15-8-10-17(11-9-15)18-12-20(25-22-18)21-19(24)14-23(2)13-16-6-4-3-5-7-16/h3-12H,13-14H2,1-2H3,(H,21,24). The van der Waals surface area contributed by atoms with E-state index in [1.807, 2.05) is 73.5 Å². The van der Waals surface area contributed by atoms with E-state index in [1.165, 1.54) is 11.1 Å². The van der Waals surface area contributed by atoms with E-state index in [-0.39, 0.29) is 12.5 Å². The van der Waals surface area contributed by atoms with Crippen molar-refractivity contribution in [3.05, 3.63) is 71.8 Å². The molecule has 1 aromatic heterocycles. The molecule has 0 aliphatic heterocycles. The van der Waals surface area contributed by atoms with Gasteiger partial charge in [-0.3, -0.25) is 15.0 Å². The highest BCUT2D eigenvalue weighted by molar-refractivity contribution is 5.91. The SMILES string of the molecule is Cc1ccc(-c2cc(NC(=O)CN(C)Cc3ccccc3)on2)cc1. The Kier molecular flexibility index (Phi) is 5.26. The van der Waals surface area contributed by atoms with Gasteiger partial charge < -0.3 is 4.52 Å². The van der Waals surface area contributed by atoms with Gasteiger partial charge in [-0.2, -0.15) is 0 Å². The van der Waals surface area contributed by atoms with Gasteiger partial charge in [0.15, 0.2) is 0 Å². The van der Waals surface area contributed by atoms with Crippen molar-refractivity contribution in [1.82, 2.24) is 10.1 Å². The van der Waals surface area contributed by atoms with Crippen LogP contribution in [0, 0.1) is 6.92 Å². The van der Waals surface area contributed by atoms with Crippen molar-refractivity contribution in [1.29, 1.82) is 0 Å². The van der Waals surface area contributed by atoms with E-state index in [0.29, 0.717) is 18.1 Å². The number of hydrogen-bond donors (Lipinski definition) is 1. The number of aromatic nitrogens is 1. The van der Waals surface area contributed by atoms with Crippen molar-refractivity contribution < 1.29 is 9.32 Å². The molecule has 0 radical (unpaired) electrons. The van der Waals surface area contributed by atoms with Crippen LogP contribution in [-0.2, 0) is 11.3 Å². The average molecular weight is 335 g/mol. The highest BCUT2D eigenvalue weighted by Crippen LogP contribution is 2.22. The molecule has 128 valence electrons. The van der Waals surface area contributed by atoms with Gasteiger partial charge in [-0.25, -0.2) is 0 Å². The Morgan fingerprint density at radius 2 is 1.84 bits per heavy atom. The monoisotopic (exact) mass is 335 g/mol. The number of likely N-dealkylation sites (N-methyl/N-ethyl adjacent to an activating group) is 1. The molecule has 1 N–H and O–H groups in total. The van der Waals surface area contributed by atoms with Gasteiger partial charge >= 0.3 is 0 Å². The lowest BCUT2D eigenvalue weighted by Crippen LogP contribution is -2.29. The zero-order chi connectivity index (χ0) is 17.6. The van der Waals surface area contributed by atoms with Gasteiger partial charge in [0.2, 0.25) is 11.8 Å². The summed E-state index contributed by atoms with van der Waals surface area (Å²) in [5.74, 6) is 0.221. The second kappa shape index (κ2) is 7.77. The predicted octanol–water partition coefficient (Wildman–Crippen LogP) is 3.72. The first-order chi connectivity index (χ1) is 12.1. The van der Waals surface area contributed by atoms with Gasteiger partial charge in [0, 0.05) is 18.2 Å². The predicted molar refractivity (Wildman–Crippen MR) is 98.1 cm³/mol. The summed E-state index contributed by atoms with van der Waals surface area (Å²) in [5.41, 5.74) is 4.00. The minimum atomic E-state index is -0.134. The lowest BCUT2D eigenvalue weighted by molar-refractivity contribution is -0.117. The summed E-state index contributed by atoms with van der Waals surface area (Å²) >= 11 is 0. The van der Waals surface area contributed by atoms with Gasteiger partial charge in [-0.1, -0.05) is 65.3 Å². The van der Waals surface area contributed by atoms with Gasteiger partial charge in [-0.05, 0) is 19.5 Å². The van der Waals surface area contributed by atoms with Crippen LogP contribution in [0.25, 0.3) is 11.3 Å². The second-order valence-corrected chi connectivity index (χ2v) is 6.15. The number of amides is 1. The third-order valence-corrected chi connectivity index (χ3v) is 3.83. The Balaban J connectivity index is 1.55. The summed E-state index contributed by atoms with van der Waals surface area (Å²) in [6.07, 6.45) is 0. The van der Waals surface area contributed by atoms with E-state index < -0.39 is 0 Å². The van der Waals surface area contributed by atoms with Crippen molar-refractivity contribution in [2.24, 2.45) is 0 Å². The molecular formula is C20H21N3O2. The molecule has 5 nitrogen and oxygen atoms in total. The Morgan fingerprint density at radius 3 is 2.56 bits per heavy atom. The maximum Gasteiger partial charge on any atom is 0.240 e. The van der Waals surface area contributed by atoms with Crippen molar-refractivity contribution in [3.8, 4) is 11.3 Å². The molecule has 0 bridgehead atoms. The van der Waals surface area contributed by atoms with E-state index >= 15 is 0 Å². The molecule has 0 saturated heterocycles. The normalized spacial score (nSPS) is 10.8. The fraction of sp³-hybridized carbons (Fsp3) is 0.200. The number of carbonyl (C=O) groups is 1. The summed E-state index contributed by atoms with van der Waals surface area (Å²) in [7, 11) is 1.91. The van der Waals surface area contributed by atoms with E-state index in [2.05, 4.69) is 10.5 Å². The van der Waals surface area contributed by atoms with Gasteiger partial charge in [-0.15, -0.1) is 0 Å². The maximum absolute atomic E-state index is 12.2. The number of carbonyl (C=O) groups excluding carboxylic acids is 1. The van der Waals surface area contributed by atoms with Crippen molar-refractivity contribution in [3.63, 3.8) is 0 Å². The third kappa shape index (κ3) is 4.78. The minimum absolute atomic E-state index is 0.134. The third-order valence-electron chi connectivity index (χ3n) is 3.83. The van der Waals surface area contributed by atoms with Crippen molar-refractivity contribution in [2.45, 2.75) is 13.5 Å². The molecule has 0 fully saturated rings. The lowest BCUT2D eigenvalue weighted by Gasteiger charge is -2.15. The molecule has 0 unspecified atom stereocenters. The molecule has 3 aromatic rings. The number of anilines is 1. The van der Waals surface area contributed by atoms with Crippen LogP contribution in [0.3, 0.4) is 0 Å². The Morgan fingerprint density at radius 1 is 1.12 bits per heavy atom. The summed E-state index contributed by atoms with van der Waals surface area (Å²) in [6, 6.07) is 19.8. The molecule has 1 heterocycles. The van der Waals surface area contributed by atoms with E-state index in [9.17, 15) is 4.79 Å². The molecule has 0 spiro atoms. The number of hydrogen-bond acceptors (Lipinski definition) is 4. The first-order valence-corrected chi connectivity index (χ1v) is 8.16. The van der Waals surface area contributed by atoms with Gasteiger partial charge in [0.25, 0.3) is 0 Å². The molecule has 0 aliphatic rings. The first-order valence-electron chi connectivity index (χ1n) is 8.16. The molecule has 0 saturated carbocycles. The fourth-order valence-electron chi connectivity index (χ4n) is 2.57. The van der Waals surface area contributed by atoms with E-state index in [1.54, 1.807) is 6.07 Å². The number of rotatable bonds is 6. The van der Waals surface area contributed by atoms with Crippen molar-refractivity contribution in [2.75, 3.05) is 18.9 Å². The molecule has 1 amide bonds. The van der Waals surface area contributed by atoms with Crippen LogP contribution >= 0.6 is 0 Å². The molecular weight excluding hydrogens is 314 g/mol. The quantitative estimate of drug-likeness (QED) is 0.746. The highest BCUT2D eigenvalue weighted by atomic mass is 16.5. The number of nitrogens with one attached hydrogen (secondary N) is 1. The largest absolute Gasteiger partial charge is 0.338 e. The molecule has 2 aromatic carbocycles. The van der Waals surface area contributed by atoms with Crippen LogP contribution < -0.4 is 5.32 Å². The smallest absolute Gasteiger partial charge is 0.240 e. The van der Waals surface area contributed by atoms with Crippen molar-refractivity contribution >= 4 is 11.8 Å². The summed E-state index contributed by atoms with van der Waals surface area (Å²) in [4.78, 5) is 14.1. The Labute approximate surface area is 147 Å². The van der Waals surface area contributed by atoms with Crippen LogP contribution in [0.1, 0.15) is 11.1 Å². The van der Waals surface area contributed by atoms with E-state index in [4.69, 9.17) is 4.52 Å². The lowest BCUT2D eigenvalue weighted by atomic mass is 10.1. The Hall–Kier alpha value is -2.92. The zero-order valence-corrected chi connectivity index (χ0v) is 14.4. The zero-order valence-electron chi connectivity index (χ0n) is 14.4. The highest BCUT2D eigenvalue weighted by Gasteiger charge is 2.11. The van der Waals surface area contributed by atoms with Crippen LogP contribution in [-0.4, -0.2) is 29.6 Å². The minimum Gasteiger partial charge on any atom is -0.338 e. The van der Waals surface area contributed by atoms with E-state index in [0.717, 1.165) is 5.56 Å². The fourth-order valence-corrected chi connectivity index (χ4v) is 2.57. The number of benzene rings is 2. The van der Waals surface area contributed by atoms with Gasteiger partial charge in [0.1, 0.15) is 5.69 Å². The molecule has 0 atom stereocenters. The van der Waals surface area contributed by atoms with Crippen LogP contribution in [0.15, 0.2) is 65.2 Å². The maximum atomic E-state index is 12.2. The molecule has 5 heteroatoms. The number of aryl methyl sites for hydroxylation is 1. The number of nitrogens with zero attached hydrogens (tertiary/aromatic N) is 2. The second-order valence-electron chi connectivity index (χ2n) is 6.15. The van der Waals surface area contributed by atoms with Crippen LogP contribution in [0.2, 0.25) is 0 Å². The first kappa shape index (κ1) is 16.9. The average Bonchev–Trinajstić information content (AvgIpc) is 3.04. The Bertz CT molecular complexity index is 826. The molecule has 3 rings (SSSR count). The summed E-state index contributed by atoms with van der Waals surface area (Å²) < 4.78 is 5.22. The molecule has 25 heavy (non-hydrogen) atoms. The van der Waals surface area contributed by atoms with Gasteiger partial charge in [0.05, 0.1) is 6.54 Å². The summed E-state index contributed by atoms with van der Waals surface area (Å²) in [5, 5.41) is 6.76. The van der Waals surface area contributed by atoms with Crippen LogP contribution in [0.5, 0.6) is 0 Å². The summed E-state index contributed by atoms with van der Waals surface area (Å²) in [6.45, 7) is 3.01. The molecule has 0 aliphatic carbocycles. The van der Waals surface area contributed by atoms with Crippen LogP contribution in [0.4, 0.5) is 5.88 Å². The topological polar surface area (TPSA) is 58.4 Å².